The fraction of sp³-hybridized carbons (Fsp3) is 0.571. The number of hydrogen-bond acceptors (Lipinski definition) is 2. The first kappa shape index (κ1) is 15.6. The summed E-state index contributed by atoms with van der Waals surface area (Å²) in [5.74, 6) is 0.361. The Balaban J connectivity index is 2.24. The van der Waals surface area contributed by atoms with Gasteiger partial charge in [0.1, 0.15) is 0 Å². The van der Waals surface area contributed by atoms with Gasteiger partial charge in [-0.1, -0.05) is 28.8 Å². The van der Waals surface area contributed by atoms with E-state index in [2.05, 4.69) is 21.2 Å². The lowest BCUT2D eigenvalue weighted by Gasteiger charge is -2.26. The van der Waals surface area contributed by atoms with Crippen LogP contribution < -0.4 is 11.1 Å². The Hall–Kier alpha value is -0.750. The Morgan fingerprint density at radius 3 is 2.50 bits per heavy atom. The van der Waals surface area contributed by atoms with E-state index in [0.29, 0.717) is 16.9 Å². The highest BCUT2D eigenvalue weighted by Crippen LogP contribution is 2.38. The van der Waals surface area contributed by atoms with Gasteiger partial charge in [-0.15, -0.1) is 0 Å². The Kier molecular flexibility index (Phi) is 4.96. The zero-order chi connectivity index (χ0) is 14.8. The molecule has 1 aliphatic rings. The van der Waals surface area contributed by atoms with Crippen molar-refractivity contribution >= 4 is 21.6 Å². The number of nitrogens with two attached hydrogens (primary N) is 1. The minimum atomic E-state index is -4.36. The van der Waals surface area contributed by atoms with Gasteiger partial charge in [0.05, 0.1) is 5.56 Å². The second kappa shape index (κ2) is 6.35. The molecule has 0 radical (unpaired) electrons. The summed E-state index contributed by atoms with van der Waals surface area (Å²) in [6.07, 6.45) is -0.0345. The molecular formula is C14H18BrF3N2. The van der Waals surface area contributed by atoms with E-state index >= 15 is 0 Å². The Bertz CT molecular complexity index is 456. The average Bonchev–Trinajstić information content (AvgIpc) is 2.88. The summed E-state index contributed by atoms with van der Waals surface area (Å²) in [6, 6.07) is 3.86. The van der Waals surface area contributed by atoms with E-state index in [0.717, 1.165) is 31.7 Å². The van der Waals surface area contributed by atoms with Crippen LogP contribution in [0.25, 0.3) is 0 Å². The van der Waals surface area contributed by atoms with Crippen LogP contribution in [0.5, 0.6) is 0 Å². The van der Waals surface area contributed by atoms with E-state index in [-0.39, 0.29) is 11.7 Å². The van der Waals surface area contributed by atoms with Crippen molar-refractivity contribution in [2.24, 2.45) is 11.7 Å². The van der Waals surface area contributed by atoms with Crippen LogP contribution in [0.15, 0.2) is 22.7 Å². The monoisotopic (exact) mass is 350 g/mol. The maximum atomic E-state index is 13.0. The van der Waals surface area contributed by atoms with Crippen LogP contribution in [0.3, 0.4) is 0 Å². The number of hydrogen-bond donors (Lipinski definition) is 2. The zero-order valence-electron chi connectivity index (χ0n) is 11.0. The van der Waals surface area contributed by atoms with Gasteiger partial charge in [-0.05, 0) is 37.0 Å². The first-order chi connectivity index (χ1) is 9.41. The average molecular weight is 351 g/mol. The molecule has 0 heterocycles. The Labute approximate surface area is 125 Å². The molecule has 0 aromatic heterocycles. The van der Waals surface area contributed by atoms with Crippen LogP contribution in [0.2, 0.25) is 0 Å². The van der Waals surface area contributed by atoms with Crippen molar-refractivity contribution in [2.45, 2.75) is 37.9 Å². The van der Waals surface area contributed by atoms with Crippen molar-refractivity contribution in [1.82, 2.24) is 0 Å². The lowest BCUT2D eigenvalue weighted by Crippen LogP contribution is -2.35. The van der Waals surface area contributed by atoms with Crippen molar-refractivity contribution < 1.29 is 13.2 Å². The molecule has 1 fully saturated rings. The van der Waals surface area contributed by atoms with Gasteiger partial charge in [-0.25, -0.2) is 0 Å². The second-order valence-corrected chi connectivity index (χ2v) is 6.13. The molecule has 0 spiro atoms. The number of benzene rings is 1. The highest BCUT2D eigenvalue weighted by molar-refractivity contribution is 9.10. The molecule has 1 atom stereocenters. The fourth-order valence-corrected chi connectivity index (χ4v) is 3.17. The smallest absolute Gasteiger partial charge is 0.380 e. The molecule has 2 nitrogen and oxygen atoms in total. The summed E-state index contributed by atoms with van der Waals surface area (Å²) in [4.78, 5) is 0. The van der Waals surface area contributed by atoms with Crippen LogP contribution in [0.4, 0.5) is 18.9 Å². The van der Waals surface area contributed by atoms with Gasteiger partial charge in [0.25, 0.3) is 0 Å². The van der Waals surface area contributed by atoms with Crippen LogP contribution in [0, 0.1) is 5.92 Å². The quantitative estimate of drug-likeness (QED) is 0.844. The minimum Gasteiger partial charge on any atom is -0.380 e. The molecule has 2 rings (SSSR count). The highest BCUT2D eigenvalue weighted by atomic mass is 79.9. The number of alkyl halides is 3. The molecule has 1 saturated carbocycles. The van der Waals surface area contributed by atoms with E-state index in [1.54, 1.807) is 0 Å². The Morgan fingerprint density at radius 1 is 1.30 bits per heavy atom. The molecule has 1 aromatic carbocycles. The van der Waals surface area contributed by atoms with Crippen LogP contribution in [0.1, 0.15) is 31.2 Å². The van der Waals surface area contributed by atoms with Gasteiger partial charge in [-0.3, -0.25) is 0 Å². The topological polar surface area (TPSA) is 38.0 Å². The summed E-state index contributed by atoms with van der Waals surface area (Å²) in [6.45, 7) is 0.342. The van der Waals surface area contributed by atoms with E-state index in [1.165, 1.54) is 12.1 Å². The maximum Gasteiger partial charge on any atom is 0.418 e. The molecule has 1 aliphatic carbocycles. The third-order valence-electron chi connectivity index (χ3n) is 3.85. The molecule has 0 bridgehead atoms. The summed E-state index contributed by atoms with van der Waals surface area (Å²) < 4.78 is 39.7. The SMILES string of the molecule is NCC(Nc1cc(Br)ccc1C(F)(F)F)C1CCCC1. The van der Waals surface area contributed by atoms with Crippen molar-refractivity contribution in [3.05, 3.63) is 28.2 Å². The largest absolute Gasteiger partial charge is 0.418 e. The summed E-state index contributed by atoms with van der Waals surface area (Å²) in [5.41, 5.74) is 5.21. The number of anilines is 1. The number of halogens is 4. The van der Waals surface area contributed by atoms with Gasteiger partial charge in [-0.2, -0.15) is 13.2 Å². The number of nitrogens with one attached hydrogen (secondary N) is 1. The lowest BCUT2D eigenvalue weighted by atomic mass is 9.97. The molecular weight excluding hydrogens is 333 g/mol. The molecule has 20 heavy (non-hydrogen) atoms. The van der Waals surface area contributed by atoms with Crippen molar-refractivity contribution in [3.63, 3.8) is 0 Å². The van der Waals surface area contributed by atoms with Crippen LogP contribution in [-0.4, -0.2) is 12.6 Å². The molecule has 6 heteroatoms. The summed E-state index contributed by atoms with van der Waals surface area (Å²) in [5, 5.41) is 3.01. The van der Waals surface area contributed by atoms with Gasteiger partial charge in [0.2, 0.25) is 0 Å². The molecule has 112 valence electrons. The molecule has 0 aliphatic heterocycles. The van der Waals surface area contributed by atoms with E-state index < -0.39 is 11.7 Å². The van der Waals surface area contributed by atoms with E-state index in [4.69, 9.17) is 5.73 Å². The third kappa shape index (κ3) is 3.67. The number of rotatable bonds is 4. The lowest BCUT2D eigenvalue weighted by molar-refractivity contribution is -0.137. The first-order valence-corrected chi connectivity index (χ1v) is 7.54. The maximum absolute atomic E-state index is 13.0. The minimum absolute atomic E-state index is 0.104. The highest BCUT2D eigenvalue weighted by Gasteiger charge is 2.34. The van der Waals surface area contributed by atoms with Gasteiger partial charge >= 0.3 is 6.18 Å². The van der Waals surface area contributed by atoms with Gasteiger partial charge in [0, 0.05) is 22.7 Å². The van der Waals surface area contributed by atoms with Crippen LogP contribution in [-0.2, 0) is 6.18 Å². The Morgan fingerprint density at radius 2 is 1.95 bits per heavy atom. The zero-order valence-corrected chi connectivity index (χ0v) is 12.6. The van der Waals surface area contributed by atoms with Gasteiger partial charge < -0.3 is 11.1 Å². The van der Waals surface area contributed by atoms with Crippen molar-refractivity contribution in [3.8, 4) is 0 Å². The fourth-order valence-electron chi connectivity index (χ4n) is 2.81. The van der Waals surface area contributed by atoms with E-state index in [1.807, 2.05) is 0 Å². The molecule has 0 amide bonds. The predicted octanol–water partition coefficient (Wildman–Crippen LogP) is 4.40. The van der Waals surface area contributed by atoms with Gasteiger partial charge in [0.15, 0.2) is 0 Å². The summed E-state index contributed by atoms with van der Waals surface area (Å²) >= 11 is 3.22. The molecule has 3 N–H and O–H groups in total. The van der Waals surface area contributed by atoms with E-state index in [9.17, 15) is 13.2 Å². The van der Waals surface area contributed by atoms with Crippen molar-refractivity contribution in [1.29, 1.82) is 0 Å². The summed E-state index contributed by atoms with van der Waals surface area (Å²) in [7, 11) is 0. The van der Waals surface area contributed by atoms with Crippen LogP contribution >= 0.6 is 15.9 Å². The molecule has 1 aromatic rings. The molecule has 1 unspecified atom stereocenters. The molecule has 0 saturated heterocycles. The normalized spacial score (nSPS) is 18.2. The second-order valence-electron chi connectivity index (χ2n) is 5.22. The van der Waals surface area contributed by atoms with Crippen molar-refractivity contribution in [2.75, 3.05) is 11.9 Å². The standard InChI is InChI=1S/C14H18BrF3N2/c15-10-5-6-11(14(16,17)18)12(7-10)20-13(8-19)9-3-1-2-4-9/h5-7,9,13,20H,1-4,8,19H2. The third-order valence-corrected chi connectivity index (χ3v) is 4.34. The first-order valence-electron chi connectivity index (χ1n) is 6.75. The predicted molar refractivity (Wildman–Crippen MR) is 77.6 cm³/mol.